The summed E-state index contributed by atoms with van der Waals surface area (Å²) in [6, 6.07) is 0. The van der Waals surface area contributed by atoms with Crippen LogP contribution in [0.15, 0.2) is 35.6 Å². The highest BCUT2D eigenvalue weighted by Gasteiger charge is 2.19. The molecular formula is C18H32N2O. The Morgan fingerprint density at radius 1 is 1.19 bits per heavy atom. The maximum absolute atomic E-state index is 5.37. The first-order valence-corrected chi connectivity index (χ1v) is 7.89. The number of rotatable bonds is 6. The molecular weight excluding hydrogens is 260 g/mol. The van der Waals surface area contributed by atoms with Gasteiger partial charge in [0.1, 0.15) is 0 Å². The number of ether oxygens (including phenoxy) is 1. The van der Waals surface area contributed by atoms with Crippen LogP contribution in [-0.2, 0) is 4.74 Å². The van der Waals surface area contributed by atoms with Gasteiger partial charge < -0.3 is 10.1 Å². The lowest BCUT2D eigenvalue weighted by Crippen LogP contribution is -2.40. The maximum Gasteiger partial charge on any atom is 0.0594 e. The van der Waals surface area contributed by atoms with Crippen LogP contribution in [-0.4, -0.2) is 44.3 Å². The van der Waals surface area contributed by atoms with Crippen molar-refractivity contribution in [3.8, 4) is 0 Å². The molecule has 3 heteroatoms. The molecule has 1 aliphatic rings. The van der Waals surface area contributed by atoms with Crippen molar-refractivity contribution in [3.05, 3.63) is 35.6 Å². The Morgan fingerprint density at radius 3 is 2.33 bits per heavy atom. The molecule has 0 atom stereocenters. The van der Waals surface area contributed by atoms with Gasteiger partial charge in [-0.1, -0.05) is 45.1 Å². The largest absolute Gasteiger partial charge is 0.384 e. The molecule has 1 saturated heterocycles. The zero-order valence-corrected chi connectivity index (χ0v) is 14.5. The van der Waals surface area contributed by atoms with Gasteiger partial charge in [-0.15, -0.1) is 0 Å². The minimum Gasteiger partial charge on any atom is -0.384 e. The summed E-state index contributed by atoms with van der Waals surface area (Å²) in [7, 11) is 0. The Morgan fingerprint density at radius 2 is 1.81 bits per heavy atom. The van der Waals surface area contributed by atoms with Gasteiger partial charge in [0, 0.05) is 31.9 Å². The van der Waals surface area contributed by atoms with Gasteiger partial charge in [0.15, 0.2) is 0 Å². The second-order valence-corrected chi connectivity index (χ2v) is 6.93. The molecule has 1 aliphatic heterocycles. The number of nitrogens with one attached hydrogen (secondary N) is 1. The molecule has 21 heavy (non-hydrogen) atoms. The van der Waals surface area contributed by atoms with Gasteiger partial charge in [-0.2, -0.15) is 0 Å². The lowest BCUT2D eigenvalue weighted by Gasteiger charge is -2.29. The summed E-state index contributed by atoms with van der Waals surface area (Å²) < 4.78 is 5.37. The molecule has 1 rings (SSSR count). The smallest absolute Gasteiger partial charge is 0.0594 e. The first-order valence-electron chi connectivity index (χ1n) is 7.89. The van der Waals surface area contributed by atoms with Gasteiger partial charge in [0.25, 0.3) is 0 Å². The number of hydrogen-bond acceptors (Lipinski definition) is 3. The van der Waals surface area contributed by atoms with E-state index >= 15 is 0 Å². The predicted octanol–water partition coefficient (Wildman–Crippen LogP) is 3.36. The summed E-state index contributed by atoms with van der Waals surface area (Å²) >= 11 is 0. The molecule has 3 nitrogen and oxygen atoms in total. The zero-order chi connectivity index (χ0) is 15.9. The highest BCUT2D eigenvalue weighted by atomic mass is 16.5. The van der Waals surface area contributed by atoms with Gasteiger partial charge in [0.05, 0.1) is 13.2 Å². The van der Waals surface area contributed by atoms with Crippen molar-refractivity contribution < 1.29 is 4.74 Å². The Kier molecular flexibility index (Phi) is 7.20. The van der Waals surface area contributed by atoms with Crippen LogP contribution in [0.2, 0.25) is 0 Å². The lowest BCUT2D eigenvalue weighted by atomic mass is 9.84. The van der Waals surface area contributed by atoms with Gasteiger partial charge in [-0.05, 0) is 24.8 Å². The van der Waals surface area contributed by atoms with E-state index in [0.29, 0.717) is 0 Å². The summed E-state index contributed by atoms with van der Waals surface area (Å²) in [5, 5.41) is 3.49. The van der Waals surface area contributed by atoms with Crippen molar-refractivity contribution in [3.63, 3.8) is 0 Å². The topological polar surface area (TPSA) is 24.5 Å². The van der Waals surface area contributed by atoms with Gasteiger partial charge in [-0.25, -0.2) is 0 Å². The van der Waals surface area contributed by atoms with E-state index in [0.717, 1.165) is 45.1 Å². The summed E-state index contributed by atoms with van der Waals surface area (Å²) in [6.07, 6.45) is 4.36. The third-order valence-corrected chi connectivity index (χ3v) is 3.59. The van der Waals surface area contributed by atoms with Crippen LogP contribution in [0.3, 0.4) is 0 Å². The zero-order valence-electron chi connectivity index (χ0n) is 14.5. The number of hydrogen-bond donors (Lipinski definition) is 1. The van der Waals surface area contributed by atoms with Gasteiger partial charge in [-0.3, -0.25) is 4.90 Å². The monoisotopic (exact) mass is 292 g/mol. The normalized spacial score (nSPS) is 17.5. The van der Waals surface area contributed by atoms with E-state index in [4.69, 9.17) is 4.74 Å². The Hall–Kier alpha value is -1.06. The Balaban J connectivity index is 2.53. The van der Waals surface area contributed by atoms with Crippen molar-refractivity contribution in [2.45, 2.75) is 34.6 Å². The van der Waals surface area contributed by atoms with E-state index in [1.54, 1.807) is 0 Å². The lowest BCUT2D eigenvalue weighted by molar-refractivity contribution is 0.0387. The van der Waals surface area contributed by atoms with E-state index in [-0.39, 0.29) is 5.41 Å². The number of nitrogens with zero attached hydrogens (tertiary/aromatic N) is 1. The van der Waals surface area contributed by atoms with E-state index in [1.165, 1.54) is 11.1 Å². The molecule has 0 spiro atoms. The average molecular weight is 292 g/mol. The standard InChI is InChI=1S/C18H32N2O/c1-15(2)7-8-17(18(4,5)6)16(3)19-9-10-20-11-13-21-14-12-20/h7-8,19H,3,9-14H2,1-2,4-6H3/b17-8+. The van der Waals surface area contributed by atoms with E-state index in [9.17, 15) is 0 Å². The molecule has 0 amide bonds. The summed E-state index contributed by atoms with van der Waals surface area (Å²) in [6.45, 7) is 20.9. The molecule has 0 bridgehead atoms. The SMILES string of the molecule is C=C(NCCN1CCOCC1)/C(=C\C=C(C)C)C(C)(C)C. The van der Waals surface area contributed by atoms with E-state index in [2.05, 4.69) is 63.6 Å². The van der Waals surface area contributed by atoms with Crippen LogP contribution in [0.25, 0.3) is 0 Å². The third kappa shape index (κ3) is 6.96. The first-order chi connectivity index (χ1) is 9.80. The molecule has 120 valence electrons. The highest BCUT2D eigenvalue weighted by molar-refractivity contribution is 5.35. The molecule has 0 aromatic rings. The van der Waals surface area contributed by atoms with E-state index in [1.807, 2.05) is 0 Å². The third-order valence-electron chi connectivity index (χ3n) is 3.59. The van der Waals surface area contributed by atoms with Crippen LogP contribution >= 0.6 is 0 Å². The second-order valence-electron chi connectivity index (χ2n) is 6.93. The van der Waals surface area contributed by atoms with Crippen molar-refractivity contribution >= 4 is 0 Å². The van der Waals surface area contributed by atoms with Crippen LogP contribution in [0.4, 0.5) is 0 Å². The van der Waals surface area contributed by atoms with Crippen LogP contribution in [0.1, 0.15) is 34.6 Å². The van der Waals surface area contributed by atoms with Crippen molar-refractivity contribution in [1.82, 2.24) is 10.2 Å². The molecule has 1 N–H and O–H groups in total. The second kappa shape index (κ2) is 8.40. The summed E-state index contributed by atoms with van der Waals surface area (Å²) in [5.74, 6) is 0. The molecule has 0 aromatic heterocycles. The quantitative estimate of drug-likeness (QED) is 0.760. The molecule has 1 fully saturated rings. The van der Waals surface area contributed by atoms with Crippen LogP contribution < -0.4 is 5.32 Å². The molecule has 0 aliphatic carbocycles. The Bertz CT molecular complexity index is 392. The van der Waals surface area contributed by atoms with Crippen molar-refractivity contribution in [2.24, 2.45) is 5.41 Å². The highest BCUT2D eigenvalue weighted by Crippen LogP contribution is 2.29. The van der Waals surface area contributed by atoms with E-state index < -0.39 is 0 Å². The summed E-state index contributed by atoms with van der Waals surface area (Å²) in [4.78, 5) is 2.43. The maximum atomic E-state index is 5.37. The average Bonchev–Trinajstić information content (AvgIpc) is 2.38. The van der Waals surface area contributed by atoms with Crippen LogP contribution in [0, 0.1) is 5.41 Å². The molecule has 0 radical (unpaired) electrons. The number of morpholine rings is 1. The minimum atomic E-state index is 0.0923. The fraction of sp³-hybridized carbons (Fsp3) is 0.667. The fourth-order valence-electron chi connectivity index (χ4n) is 2.34. The first kappa shape index (κ1) is 18.0. The van der Waals surface area contributed by atoms with Crippen molar-refractivity contribution in [1.29, 1.82) is 0 Å². The minimum absolute atomic E-state index is 0.0923. The number of allylic oxidation sites excluding steroid dienone is 4. The molecule has 1 heterocycles. The molecule has 0 saturated carbocycles. The fourth-order valence-corrected chi connectivity index (χ4v) is 2.34. The van der Waals surface area contributed by atoms with Gasteiger partial charge in [0.2, 0.25) is 0 Å². The predicted molar refractivity (Wildman–Crippen MR) is 91.4 cm³/mol. The Labute approximate surface area is 130 Å². The molecule has 0 unspecified atom stereocenters. The molecule has 0 aromatic carbocycles. The van der Waals surface area contributed by atoms with Crippen molar-refractivity contribution in [2.75, 3.05) is 39.4 Å². The van der Waals surface area contributed by atoms with Gasteiger partial charge >= 0.3 is 0 Å². The van der Waals surface area contributed by atoms with Crippen LogP contribution in [0.5, 0.6) is 0 Å². The summed E-state index contributed by atoms with van der Waals surface area (Å²) in [5.41, 5.74) is 3.70.